The summed E-state index contributed by atoms with van der Waals surface area (Å²) in [4.78, 5) is 27.3. The second-order valence-electron chi connectivity index (χ2n) is 5.03. The summed E-state index contributed by atoms with van der Waals surface area (Å²) in [7, 11) is 3.48. The molecule has 3 fully saturated rings. The first-order valence-corrected chi connectivity index (χ1v) is 6.17. The minimum atomic E-state index is -0.292. The Morgan fingerprint density at radius 2 is 1.71 bits per heavy atom. The number of likely N-dealkylation sites (tertiary alicyclic amines) is 1. The van der Waals surface area contributed by atoms with E-state index in [0.717, 1.165) is 12.8 Å². The number of carbonyl (C=O) groups excluding carboxylic acids is 2. The predicted octanol–water partition coefficient (Wildman–Crippen LogP) is -0.00470. The van der Waals surface area contributed by atoms with Crippen LogP contribution in [0.5, 0.6) is 0 Å². The molecule has 0 aromatic heterocycles. The van der Waals surface area contributed by atoms with Crippen LogP contribution in [0, 0.1) is 11.8 Å². The molecule has 6 heteroatoms. The van der Waals surface area contributed by atoms with E-state index in [-0.39, 0.29) is 41.0 Å². The third-order valence-electron chi connectivity index (χ3n) is 3.86. The number of rotatable bonds is 0. The van der Waals surface area contributed by atoms with Crippen LogP contribution >= 0.6 is 12.2 Å². The lowest BCUT2D eigenvalue weighted by Crippen LogP contribution is -2.44. The monoisotopic (exact) mass is 254 g/mol. The molecule has 17 heavy (non-hydrogen) atoms. The second-order valence-corrected chi connectivity index (χ2v) is 5.40. The van der Waals surface area contributed by atoms with Gasteiger partial charge in [0.2, 0.25) is 11.8 Å². The van der Waals surface area contributed by atoms with E-state index in [1.807, 2.05) is 0 Å². The van der Waals surface area contributed by atoms with E-state index in [1.54, 1.807) is 19.0 Å². The molecule has 92 valence electrons. The lowest BCUT2D eigenvalue weighted by Gasteiger charge is -2.23. The normalized spacial score (nSPS) is 38.8. The number of ether oxygens (including phenoxy) is 1. The molecule has 3 aliphatic rings. The Balaban J connectivity index is 1.93. The number of hydrogen-bond acceptors (Lipinski definition) is 4. The van der Waals surface area contributed by atoms with Crippen LogP contribution < -0.4 is 0 Å². The van der Waals surface area contributed by atoms with Gasteiger partial charge in [-0.15, -0.1) is 0 Å². The Hall–Kier alpha value is -1.01. The SMILES string of the molecule is CN(C)C(=S)N1C(=O)[C@@H]2[C@H](C1=O)[C@@H]1CC[C@@H]2O1. The molecule has 0 radical (unpaired) electrons. The molecular formula is C11H14N2O3S. The molecule has 0 N–H and O–H groups in total. The van der Waals surface area contributed by atoms with Crippen molar-refractivity contribution in [1.29, 1.82) is 0 Å². The van der Waals surface area contributed by atoms with Crippen molar-refractivity contribution in [1.82, 2.24) is 9.80 Å². The summed E-state index contributed by atoms with van der Waals surface area (Å²) in [6, 6.07) is 0. The van der Waals surface area contributed by atoms with Gasteiger partial charge in [0.15, 0.2) is 5.11 Å². The zero-order valence-corrected chi connectivity index (χ0v) is 10.6. The van der Waals surface area contributed by atoms with Gasteiger partial charge in [0.1, 0.15) is 0 Å². The average Bonchev–Trinajstić information content (AvgIpc) is 2.92. The molecule has 0 aliphatic carbocycles. The Labute approximate surface area is 105 Å². The van der Waals surface area contributed by atoms with Crippen molar-refractivity contribution in [3.8, 4) is 0 Å². The first-order valence-electron chi connectivity index (χ1n) is 5.77. The highest BCUT2D eigenvalue weighted by atomic mass is 32.1. The lowest BCUT2D eigenvalue weighted by atomic mass is 9.81. The molecule has 2 bridgehead atoms. The van der Waals surface area contributed by atoms with Crippen LogP contribution in [0.25, 0.3) is 0 Å². The van der Waals surface area contributed by atoms with E-state index < -0.39 is 0 Å². The Morgan fingerprint density at radius 1 is 1.24 bits per heavy atom. The highest BCUT2D eigenvalue weighted by molar-refractivity contribution is 7.80. The number of hydrogen-bond donors (Lipinski definition) is 0. The quantitative estimate of drug-likeness (QED) is 0.450. The van der Waals surface area contributed by atoms with E-state index in [9.17, 15) is 9.59 Å². The van der Waals surface area contributed by atoms with Crippen molar-refractivity contribution < 1.29 is 14.3 Å². The second kappa shape index (κ2) is 3.49. The Morgan fingerprint density at radius 3 is 2.12 bits per heavy atom. The summed E-state index contributed by atoms with van der Waals surface area (Å²) in [6.07, 6.45) is 1.62. The highest BCUT2D eigenvalue weighted by Gasteiger charge is 2.63. The average molecular weight is 254 g/mol. The van der Waals surface area contributed by atoms with Gasteiger partial charge >= 0.3 is 0 Å². The highest BCUT2D eigenvalue weighted by Crippen LogP contribution is 2.48. The largest absolute Gasteiger partial charge is 0.373 e. The van der Waals surface area contributed by atoms with Crippen LogP contribution in [0.15, 0.2) is 0 Å². The third kappa shape index (κ3) is 1.31. The van der Waals surface area contributed by atoms with Crippen molar-refractivity contribution in [3.05, 3.63) is 0 Å². The minimum absolute atomic E-state index is 0.0728. The standard InChI is InChI=1S/C11H14N2O3S/c1-12(2)11(17)13-9(14)7-5-3-4-6(16-5)8(7)10(13)15/h5-8H,3-4H2,1-2H3/t5-,6-,7-,8+/m0/s1. The minimum Gasteiger partial charge on any atom is -0.373 e. The number of amides is 2. The fourth-order valence-corrected chi connectivity index (χ4v) is 3.28. The van der Waals surface area contributed by atoms with Gasteiger partial charge in [-0.1, -0.05) is 0 Å². The zero-order valence-electron chi connectivity index (χ0n) is 9.75. The number of thiocarbonyl (C=S) groups is 1. The molecular weight excluding hydrogens is 240 g/mol. The van der Waals surface area contributed by atoms with Crippen LogP contribution in [0.3, 0.4) is 0 Å². The van der Waals surface area contributed by atoms with Gasteiger partial charge in [0.05, 0.1) is 24.0 Å². The summed E-state index contributed by atoms with van der Waals surface area (Å²) in [5.41, 5.74) is 0. The first kappa shape index (κ1) is 11.1. The van der Waals surface area contributed by atoms with Crippen molar-refractivity contribution in [3.63, 3.8) is 0 Å². The van der Waals surface area contributed by atoms with Gasteiger partial charge in [0.25, 0.3) is 0 Å². The lowest BCUT2D eigenvalue weighted by molar-refractivity contribution is -0.137. The van der Waals surface area contributed by atoms with Gasteiger partial charge in [-0.2, -0.15) is 0 Å². The maximum absolute atomic E-state index is 12.2. The topological polar surface area (TPSA) is 49.9 Å². The Bertz CT molecular complexity index is 395. The van der Waals surface area contributed by atoms with Gasteiger partial charge in [0, 0.05) is 14.1 Å². The smallest absolute Gasteiger partial charge is 0.242 e. The van der Waals surface area contributed by atoms with Crippen LogP contribution in [0.1, 0.15) is 12.8 Å². The molecule has 2 amide bonds. The molecule has 3 saturated heterocycles. The molecule has 0 aromatic carbocycles. The molecule has 3 heterocycles. The van der Waals surface area contributed by atoms with E-state index in [1.165, 1.54) is 4.90 Å². The van der Waals surface area contributed by atoms with E-state index in [2.05, 4.69) is 0 Å². The predicted molar refractivity (Wildman–Crippen MR) is 63.0 cm³/mol. The molecule has 0 spiro atoms. The molecule has 3 rings (SSSR count). The van der Waals surface area contributed by atoms with Crippen LogP contribution in [0.2, 0.25) is 0 Å². The molecule has 4 atom stereocenters. The van der Waals surface area contributed by atoms with E-state index in [4.69, 9.17) is 17.0 Å². The fraction of sp³-hybridized carbons (Fsp3) is 0.727. The molecule has 0 saturated carbocycles. The van der Waals surface area contributed by atoms with Crippen molar-refractivity contribution in [2.45, 2.75) is 25.0 Å². The van der Waals surface area contributed by atoms with Crippen molar-refractivity contribution in [2.75, 3.05) is 14.1 Å². The summed E-state index contributed by atoms with van der Waals surface area (Å²) in [5.74, 6) is -0.935. The number of imide groups is 1. The van der Waals surface area contributed by atoms with Gasteiger partial charge < -0.3 is 9.64 Å². The summed E-state index contributed by atoms with van der Waals surface area (Å²) >= 11 is 5.14. The molecule has 5 nitrogen and oxygen atoms in total. The molecule has 0 unspecified atom stereocenters. The maximum atomic E-state index is 12.2. The van der Waals surface area contributed by atoms with Gasteiger partial charge in [-0.3, -0.25) is 9.59 Å². The van der Waals surface area contributed by atoms with E-state index >= 15 is 0 Å². The van der Waals surface area contributed by atoms with Gasteiger partial charge in [-0.05, 0) is 25.1 Å². The zero-order chi connectivity index (χ0) is 12.3. The van der Waals surface area contributed by atoms with Crippen molar-refractivity contribution >= 4 is 29.1 Å². The Kier molecular flexibility index (Phi) is 2.28. The van der Waals surface area contributed by atoms with Gasteiger partial charge in [-0.25, -0.2) is 4.90 Å². The van der Waals surface area contributed by atoms with Crippen molar-refractivity contribution in [2.24, 2.45) is 11.8 Å². The maximum Gasteiger partial charge on any atom is 0.242 e. The molecule has 0 aromatic rings. The number of nitrogens with zero attached hydrogens (tertiary/aromatic N) is 2. The number of carbonyl (C=O) groups is 2. The van der Waals surface area contributed by atoms with Crippen LogP contribution in [0.4, 0.5) is 0 Å². The summed E-state index contributed by atoms with van der Waals surface area (Å²) in [5, 5.41) is 0.286. The molecule has 3 aliphatic heterocycles. The number of fused-ring (bicyclic) bond motifs is 5. The van der Waals surface area contributed by atoms with Crippen LogP contribution in [-0.2, 0) is 14.3 Å². The summed E-state index contributed by atoms with van der Waals surface area (Å²) < 4.78 is 5.64. The fourth-order valence-electron chi connectivity index (χ4n) is 3.10. The third-order valence-corrected chi connectivity index (χ3v) is 4.41. The summed E-state index contributed by atoms with van der Waals surface area (Å²) in [6.45, 7) is 0. The van der Waals surface area contributed by atoms with Crippen LogP contribution in [-0.4, -0.2) is 53.0 Å². The van der Waals surface area contributed by atoms with E-state index in [0.29, 0.717) is 0 Å². The first-order chi connectivity index (χ1) is 8.02.